The van der Waals surface area contributed by atoms with Gasteiger partial charge in [-0.05, 0) is 19.4 Å². The molecule has 2 heterocycles. The zero-order valence-electron chi connectivity index (χ0n) is 15.4. The molecular weight excluding hydrogens is 370 g/mol. The number of carbonyl (C=O) groups excluding carboxylic acids is 5. The van der Waals surface area contributed by atoms with Crippen LogP contribution in [-0.2, 0) is 14.4 Å². The van der Waals surface area contributed by atoms with Crippen molar-refractivity contribution in [2.45, 2.75) is 26.7 Å². The van der Waals surface area contributed by atoms with Crippen LogP contribution in [0.4, 0.5) is 10.5 Å². The number of ketones is 1. The molecule has 0 unspecified atom stereocenters. The molecule has 10 nitrogen and oxygen atoms in total. The van der Waals surface area contributed by atoms with E-state index in [1.807, 2.05) is 6.92 Å². The second-order valence-corrected chi connectivity index (χ2v) is 6.34. The second kappa shape index (κ2) is 7.67. The predicted molar refractivity (Wildman–Crippen MR) is 94.9 cm³/mol. The first-order valence-corrected chi connectivity index (χ1v) is 8.75. The largest absolute Gasteiger partial charge is 0.454 e. The number of Topliss-reactive ketones (excluding diaryl/α,β-unsaturated/α-hetero) is 1. The van der Waals surface area contributed by atoms with Crippen molar-refractivity contribution in [1.29, 1.82) is 0 Å². The van der Waals surface area contributed by atoms with Crippen LogP contribution in [-0.4, -0.2) is 59.2 Å². The van der Waals surface area contributed by atoms with Crippen LogP contribution in [0, 0.1) is 0 Å². The predicted octanol–water partition coefficient (Wildman–Crippen LogP) is 1.15. The second-order valence-electron chi connectivity index (χ2n) is 6.34. The van der Waals surface area contributed by atoms with E-state index in [-0.39, 0.29) is 30.4 Å². The molecule has 0 aliphatic carbocycles. The number of fused-ring (bicyclic) bond motifs is 1. The molecule has 0 saturated carbocycles. The van der Waals surface area contributed by atoms with Crippen molar-refractivity contribution in [1.82, 2.24) is 9.80 Å². The fourth-order valence-electron chi connectivity index (χ4n) is 2.87. The number of ether oxygens (including phenoxy) is 2. The number of hydrogen-bond donors (Lipinski definition) is 1. The van der Waals surface area contributed by atoms with Crippen LogP contribution in [0.25, 0.3) is 0 Å². The Hall–Kier alpha value is -3.43. The van der Waals surface area contributed by atoms with Gasteiger partial charge >= 0.3 is 17.8 Å². The average molecular weight is 389 g/mol. The van der Waals surface area contributed by atoms with Crippen LogP contribution in [0.15, 0.2) is 12.1 Å². The van der Waals surface area contributed by atoms with Crippen molar-refractivity contribution in [3.05, 3.63) is 17.7 Å². The van der Waals surface area contributed by atoms with Crippen LogP contribution < -0.4 is 14.8 Å². The van der Waals surface area contributed by atoms with E-state index in [4.69, 9.17) is 9.47 Å². The Balaban J connectivity index is 1.74. The summed E-state index contributed by atoms with van der Waals surface area (Å²) < 4.78 is 10.4. The zero-order valence-corrected chi connectivity index (χ0v) is 15.4. The lowest BCUT2D eigenvalue weighted by Crippen LogP contribution is -2.39. The van der Waals surface area contributed by atoms with Gasteiger partial charge in [0.25, 0.3) is 0 Å². The topological polar surface area (TPSA) is 122 Å². The first kappa shape index (κ1) is 19.3. The lowest BCUT2D eigenvalue weighted by molar-refractivity contribution is -0.143. The van der Waals surface area contributed by atoms with E-state index in [0.717, 1.165) is 11.3 Å². The normalized spacial score (nSPS) is 15.4. The minimum Gasteiger partial charge on any atom is -0.454 e. The molecule has 0 aromatic heterocycles. The molecule has 1 N–H and O–H groups in total. The molecule has 3 rings (SSSR count). The molecule has 0 atom stereocenters. The maximum absolute atomic E-state index is 12.4. The molecule has 1 aromatic rings. The smallest absolute Gasteiger partial charge is 0.334 e. The molecule has 2 aliphatic rings. The summed E-state index contributed by atoms with van der Waals surface area (Å²) in [4.78, 5) is 62.0. The Morgan fingerprint density at radius 2 is 1.71 bits per heavy atom. The lowest BCUT2D eigenvalue weighted by Gasteiger charge is -2.16. The number of imide groups is 2. The molecular formula is C18H19N3O7. The molecule has 2 aliphatic heterocycles. The van der Waals surface area contributed by atoms with E-state index < -0.39 is 30.3 Å². The van der Waals surface area contributed by atoms with E-state index >= 15 is 0 Å². The Kier molecular flexibility index (Phi) is 5.30. The Labute approximate surface area is 160 Å². The van der Waals surface area contributed by atoms with Gasteiger partial charge in [0.15, 0.2) is 17.3 Å². The summed E-state index contributed by atoms with van der Waals surface area (Å²) in [6.07, 6.45) is 1.30. The summed E-state index contributed by atoms with van der Waals surface area (Å²) in [5.74, 6) is -2.30. The number of urea groups is 1. The molecule has 10 heteroatoms. The van der Waals surface area contributed by atoms with Gasteiger partial charge in [-0.1, -0.05) is 13.3 Å². The highest BCUT2D eigenvalue weighted by Crippen LogP contribution is 2.37. The number of hydrogen-bond acceptors (Lipinski definition) is 7. The van der Waals surface area contributed by atoms with Gasteiger partial charge in [0.1, 0.15) is 6.54 Å². The van der Waals surface area contributed by atoms with Crippen molar-refractivity contribution in [3.63, 3.8) is 0 Å². The molecule has 1 fully saturated rings. The Morgan fingerprint density at radius 1 is 1.07 bits per heavy atom. The number of benzene rings is 1. The third kappa shape index (κ3) is 3.53. The van der Waals surface area contributed by atoms with Crippen molar-refractivity contribution in [2.24, 2.45) is 0 Å². The molecule has 1 saturated heterocycles. The van der Waals surface area contributed by atoms with E-state index in [2.05, 4.69) is 5.32 Å². The molecule has 5 amide bonds. The highest BCUT2D eigenvalue weighted by Gasteiger charge is 2.44. The number of nitrogens with zero attached hydrogens (tertiary/aromatic N) is 2. The quantitative estimate of drug-likeness (QED) is 0.422. The zero-order chi connectivity index (χ0) is 20.4. The van der Waals surface area contributed by atoms with Crippen LogP contribution in [0.2, 0.25) is 0 Å². The van der Waals surface area contributed by atoms with Crippen molar-refractivity contribution in [3.8, 4) is 11.5 Å². The summed E-state index contributed by atoms with van der Waals surface area (Å²) in [5, 5.41) is 2.49. The van der Waals surface area contributed by atoms with E-state index in [1.54, 1.807) is 0 Å². The third-order valence-electron chi connectivity index (χ3n) is 4.34. The molecule has 0 radical (unpaired) electrons. The van der Waals surface area contributed by atoms with Crippen LogP contribution in [0.3, 0.4) is 0 Å². The van der Waals surface area contributed by atoms with Gasteiger partial charge < -0.3 is 14.8 Å². The summed E-state index contributed by atoms with van der Waals surface area (Å²) in [5.41, 5.74) is 0.354. The van der Waals surface area contributed by atoms with E-state index in [0.29, 0.717) is 22.8 Å². The van der Waals surface area contributed by atoms with Crippen LogP contribution >= 0.6 is 0 Å². The third-order valence-corrected chi connectivity index (χ3v) is 4.34. The maximum atomic E-state index is 12.4. The number of amides is 5. The Morgan fingerprint density at radius 3 is 2.36 bits per heavy atom. The fourth-order valence-corrected chi connectivity index (χ4v) is 2.87. The molecule has 0 bridgehead atoms. The average Bonchev–Trinajstić information content (AvgIpc) is 3.18. The molecule has 28 heavy (non-hydrogen) atoms. The summed E-state index contributed by atoms with van der Waals surface area (Å²) in [7, 11) is 0. The number of rotatable bonds is 7. The first-order chi connectivity index (χ1) is 13.3. The summed E-state index contributed by atoms with van der Waals surface area (Å²) in [6, 6.07) is 2.06. The van der Waals surface area contributed by atoms with E-state index in [1.165, 1.54) is 19.1 Å². The van der Waals surface area contributed by atoms with Crippen molar-refractivity contribution >= 4 is 35.2 Å². The van der Waals surface area contributed by atoms with Gasteiger partial charge in [0, 0.05) is 18.2 Å². The standard InChI is InChI=1S/C18H19N3O7/c1-3-4-5-20-16(24)17(25)21(18(20)26)8-15(23)19-12-7-14-13(27-9-28-14)6-11(12)10(2)22/h6-7H,3-5,8-9H2,1-2H3,(H,19,23). The Bertz CT molecular complexity index is 880. The highest BCUT2D eigenvalue weighted by atomic mass is 16.7. The molecule has 0 spiro atoms. The minimum atomic E-state index is -1.05. The van der Waals surface area contributed by atoms with Gasteiger partial charge in [0.05, 0.1) is 5.69 Å². The molecule has 1 aromatic carbocycles. The molecule has 148 valence electrons. The highest BCUT2D eigenvalue weighted by molar-refractivity contribution is 6.45. The number of unbranched alkanes of at least 4 members (excludes halogenated alkanes) is 1. The van der Waals surface area contributed by atoms with Gasteiger partial charge in [-0.25, -0.2) is 9.69 Å². The van der Waals surface area contributed by atoms with Gasteiger partial charge in [-0.15, -0.1) is 0 Å². The minimum absolute atomic E-state index is 0.00341. The van der Waals surface area contributed by atoms with Crippen molar-refractivity contribution in [2.75, 3.05) is 25.2 Å². The first-order valence-electron chi connectivity index (χ1n) is 8.75. The SMILES string of the molecule is CCCCN1C(=O)C(=O)N(CC(=O)Nc2cc3c(cc2C(C)=O)OCO3)C1=O. The van der Waals surface area contributed by atoms with Crippen LogP contribution in [0.5, 0.6) is 11.5 Å². The monoisotopic (exact) mass is 389 g/mol. The number of nitrogens with one attached hydrogen (secondary N) is 1. The maximum Gasteiger partial charge on any atom is 0.334 e. The number of anilines is 1. The van der Waals surface area contributed by atoms with Crippen molar-refractivity contribution < 1.29 is 33.4 Å². The van der Waals surface area contributed by atoms with Gasteiger partial charge in [-0.2, -0.15) is 0 Å². The van der Waals surface area contributed by atoms with E-state index in [9.17, 15) is 24.0 Å². The van der Waals surface area contributed by atoms with Gasteiger partial charge in [-0.3, -0.25) is 24.1 Å². The van der Waals surface area contributed by atoms with Crippen LogP contribution in [0.1, 0.15) is 37.0 Å². The fraction of sp³-hybridized carbons (Fsp3) is 0.389. The lowest BCUT2D eigenvalue weighted by atomic mass is 10.1. The summed E-state index contributed by atoms with van der Waals surface area (Å²) in [6.45, 7) is 2.68. The van der Waals surface area contributed by atoms with Gasteiger partial charge in [0.2, 0.25) is 12.7 Å². The summed E-state index contributed by atoms with van der Waals surface area (Å²) >= 11 is 0. The number of carbonyl (C=O) groups is 5.